The maximum absolute atomic E-state index is 11.8. The molecule has 0 aliphatic heterocycles. The number of nitrogens with one attached hydrogen (secondary N) is 1. The molecule has 1 heterocycles. The number of amides is 1. The van der Waals surface area contributed by atoms with Crippen LogP contribution < -0.4 is 5.32 Å². The highest BCUT2D eigenvalue weighted by molar-refractivity contribution is 7.12. The molecule has 1 saturated carbocycles. The van der Waals surface area contributed by atoms with E-state index in [4.69, 9.17) is 5.11 Å². The standard InChI is InChI=1S/C12H15NO3S/c14-11(10-6-3-7-17-10)13-9-5-2-1-4-8(9)12(15)16/h3,6-9H,1-2,4-5H2,(H,13,14)(H,15,16). The van der Waals surface area contributed by atoms with E-state index in [9.17, 15) is 9.59 Å². The molecule has 5 heteroatoms. The van der Waals surface area contributed by atoms with Gasteiger partial charge in [0.2, 0.25) is 0 Å². The summed E-state index contributed by atoms with van der Waals surface area (Å²) >= 11 is 1.37. The molecular weight excluding hydrogens is 238 g/mol. The van der Waals surface area contributed by atoms with Crippen LogP contribution in [0.25, 0.3) is 0 Å². The molecule has 0 saturated heterocycles. The Morgan fingerprint density at radius 1 is 1.35 bits per heavy atom. The van der Waals surface area contributed by atoms with Crippen LogP contribution in [0.15, 0.2) is 17.5 Å². The monoisotopic (exact) mass is 253 g/mol. The third kappa shape index (κ3) is 2.85. The molecular formula is C12H15NO3S. The Bertz CT molecular complexity index is 402. The number of rotatable bonds is 3. The summed E-state index contributed by atoms with van der Waals surface area (Å²) in [5.74, 6) is -1.40. The molecule has 1 aliphatic rings. The summed E-state index contributed by atoms with van der Waals surface area (Å²) in [6, 6.07) is 3.34. The zero-order chi connectivity index (χ0) is 12.3. The largest absolute Gasteiger partial charge is 0.481 e. The molecule has 0 bridgehead atoms. The van der Waals surface area contributed by atoms with Gasteiger partial charge >= 0.3 is 5.97 Å². The Kier molecular flexibility index (Phi) is 3.78. The van der Waals surface area contributed by atoms with Gasteiger partial charge in [-0.3, -0.25) is 9.59 Å². The molecule has 1 aromatic rings. The van der Waals surface area contributed by atoms with Gasteiger partial charge in [0, 0.05) is 6.04 Å². The summed E-state index contributed by atoms with van der Waals surface area (Å²) in [4.78, 5) is 23.6. The summed E-state index contributed by atoms with van der Waals surface area (Å²) in [5.41, 5.74) is 0. The third-order valence-corrected chi connectivity index (χ3v) is 4.01. The lowest BCUT2D eigenvalue weighted by Gasteiger charge is -2.29. The van der Waals surface area contributed by atoms with Gasteiger partial charge in [-0.05, 0) is 24.3 Å². The van der Waals surface area contributed by atoms with Crippen molar-refractivity contribution in [2.75, 3.05) is 0 Å². The number of thiophene rings is 1. The molecule has 0 radical (unpaired) electrons. The lowest BCUT2D eigenvalue weighted by Crippen LogP contribution is -2.44. The van der Waals surface area contributed by atoms with Crippen LogP contribution in [0.5, 0.6) is 0 Å². The summed E-state index contributed by atoms with van der Waals surface area (Å²) in [5, 5.41) is 13.8. The lowest BCUT2D eigenvalue weighted by atomic mass is 9.84. The minimum atomic E-state index is -0.804. The quantitative estimate of drug-likeness (QED) is 0.867. The third-order valence-electron chi connectivity index (χ3n) is 3.14. The Hall–Kier alpha value is -1.36. The van der Waals surface area contributed by atoms with Crippen LogP contribution in [0, 0.1) is 5.92 Å². The van der Waals surface area contributed by atoms with Crippen molar-refractivity contribution >= 4 is 23.2 Å². The van der Waals surface area contributed by atoms with Crippen LogP contribution in [0.3, 0.4) is 0 Å². The van der Waals surface area contributed by atoms with Crippen molar-refractivity contribution in [1.29, 1.82) is 0 Å². The number of carbonyl (C=O) groups excluding carboxylic acids is 1. The van der Waals surface area contributed by atoms with Crippen molar-refractivity contribution in [3.63, 3.8) is 0 Å². The fourth-order valence-electron chi connectivity index (χ4n) is 2.25. The molecule has 0 spiro atoms. The van der Waals surface area contributed by atoms with Gasteiger partial charge in [-0.25, -0.2) is 0 Å². The number of carboxylic acid groups (broad SMARTS) is 1. The van der Waals surface area contributed by atoms with E-state index < -0.39 is 11.9 Å². The fourth-order valence-corrected chi connectivity index (χ4v) is 2.87. The smallest absolute Gasteiger partial charge is 0.308 e. The maximum atomic E-state index is 11.8. The number of hydrogen-bond donors (Lipinski definition) is 2. The minimum Gasteiger partial charge on any atom is -0.481 e. The SMILES string of the molecule is O=C(NC1CCCCC1C(=O)O)c1cccs1. The van der Waals surface area contributed by atoms with Crippen LogP contribution in [-0.4, -0.2) is 23.0 Å². The van der Waals surface area contributed by atoms with E-state index in [0.29, 0.717) is 11.3 Å². The second kappa shape index (κ2) is 5.31. The molecule has 1 aromatic heterocycles. The molecule has 2 atom stereocenters. The Labute approximate surface area is 104 Å². The van der Waals surface area contributed by atoms with Crippen molar-refractivity contribution in [2.24, 2.45) is 5.92 Å². The fraction of sp³-hybridized carbons (Fsp3) is 0.500. The van der Waals surface area contributed by atoms with Gasteiger partial charge in [-0.1, -0.05) is 18.9 Å². The second-order valence-electron chi connectivity index (χ2n) is 4.29. The zero-order valence-electron chi connectivity index (χ0n) is 9.39. The molecule has 17 heavy (non-hydrogen) atoms. The Morgan fingerprint density at radius 2 is 2.12 bits per heavy atom. The van der Waals surface area contributed by atoms with Gasteiger partial charge in [0.1, 0.15) is 0 Å². The van der Waals surface area contributed by atoms with E-state index in [1.54, 1.807) is 6.07 Å². The number of carboxylic acids is 1. The normalized spacial score (nSPS) is 24.2. The maximum Gasteiger partial charge on any atom is 0.308 e. The summed E-state index contributed by atoms with van der Waals surface area (Å²) < 4.78 is 0. The van der Waals surface area contributed by atoms with E-state index >= 15 is 0 Å². The first-order valence-electron chi connectivity index (χ1n) is 5.75. The van der Waals surface area contributed by atoms with Gasteiger partial charge in [0.15, 0.2) is 0 Å². The van der Waals surface area contributed by atoms with Gasteiger partial charge in [-0.2, -0.15) is 0 Å². The summed E-state index contributed by atoms with van der Waals surface area (Å²) in [7, 11) is 0. The molecule has 2 N–H and O–H groups in total. The van der Waals surface area contributed by atoms with E-state index in [2.05, 4.69) is 5.32 Å². The highest BCUT2D eigenvalue weighted by atomic mass is 32.1. The summed E-state index contributed by atoms with van der Waals surface area (Å²) in [6.45, 7) is 0. The molecule has 2 rings (SSSR count). The Morgan fingerprint density at radius 3 is 2.76 bits per heavy atom. The topological polar surface area (TPSA) is 66.4 Å². The van der Waals surface area contributed by atoms with Gasteiger partial charge in [-0.15, -0.1) is 11.3 Å². The number of aliphatic carboxylic acids is 1. The highest BCUT2D eigenvalue weighted by Crippen LogP contribution is 2.25. The van der Waals surface area contributed by atoms with Gasteiger partial charge in [0.25, 0.3) is 5.91 Å². The molecule has 1 aliphatic carbocycles. The second-order valence-corrected chi connectivity index (χ2v) is 5.23. The van der Waals surface area contributed by atoms with E-state index in [1.807, 2.05) is 11.4 Å². The molecule has 4 nitrogen and oxygen atoms in total. The van der Waals surface area contributed by atoms with Crippen molar-refractivity contribution in [3.05, 3.63) is 22.4 Å². The van der Waals surface area contributed by atoms with Gasteiger partial charge < -0.3 is 10.4 Å². The van der Waals surface area contributed by atoms with Crippen LogP contribution in [0.2, 0.25) is 0 Å². The molecule has 1 amide bonds. The van der Waals surface area contributed by atoms with E-state index in [1.165, 1.54) is 11.3 Å². The average molecular weight is 253 g/mol. The van der Waals surface area contributed by atoms with Crippen molar-refractivity contribution in [2.45, 2.75) is 31.7 Å². The highest BCUT2D eigenvalue weighted by Gasteiger charge is 2.31. The number of carbonyl (C=O) groups is 2. The first kappa shape index (κ1) is 12.1. The first-order chi connectivity index (χ1) is 8.18. The van der Waals surface area contributed by atoms with Crippen molar-refractivity contribution in [3.8, 4) is 0 Å². The zero-order valence-corrected chi connectivity index (χ0v) is 10.2. The van der Waals surface area contributed by atoms with Crippen molar-refractivity contribution in [1.82, 2.24) is 5.32 Å². The van der Waals surface area contributed by atoms with E-state index in [-0.39, 0.29) is 11.9 Å². The summed E-state index contributed by atoms with van der Waals surface area (Å²) in [6.07, 6.45) is 3.33. The predicted octanol–water partition coefficient (Wildman–Crippen LogP) is 2.12. The molecule has 0 aromatic carbocycles. The first-order valence-corrected chi connectivity index (χ1v) is 6.63. The van der Waals surface area contributed by atoms with Crippen molar-refractivity contribution < 1.29 is 14.7 Å². The molecule has 2 unspecified atom stereocenters. The predicted molar refractivity (Wildman–Crippen MR) is 65.2 cm³/mol. The minimum absolute atomic E-state index is 0.154. The lowest BCUT2D eigenvalue weighted by molar-refractivity contribution is -0.143. The Balaban J connectivity index is 2.01. The molecule has 92 valence electrons. The van der Waals surface area contributed by atoms with Crippen LogP contribution in [0.4, 0.5) is 0 Å². The van der Waals surface area contributed by atoms with E-state index in [0.717, 1.165) is 19.3 Å². The van der Waals surface area contributed by atoms with Crippen LogP contribution in [-0.2, 0) is 4.79 Å². The van der Waals surface area contributed by atoms with Crippen LogP contribution in [0.1, 0.15) is 35.4 Å². The van der Waals surface area contributed by atoms with Crippen LogP contribution >= 0.6 is 11.3 Å². The number of hydrogen-bond acceptors (Lipinski definition) is 3. The molecule has 1 fully saturated rings. The van der Waals surface area contributed by atoms with Gasteiger partial charge in [0.05, 0.1) is 10.8 Å². The average Bonchev–Trinajstić information content (AvgIpc) is 2.83.